The number of benzene rings is 1. The number of aromatic carboxylic acids is 1. The van der Waals surface area contributed by atoms with Crippen LogP contribution in [0.15, 0.2) is 36.7 Å². The Hall–Kier alpha value is -3.09. The van der Waals surface area contributed by atoms with Crippen LogP contribution in [0.25, 0.3) is 0 Å². The van der Waals surface area contributed by atoms with Crippen LogP contribution in [0.5, 0.6) is 11.5 Å². The van der Waals surface area contributed by atoms with E-state index in [2.05, 4.69) is 5.32 Å². The number of carbonyl (C=O) groups excluding carboxylic acids is 1. The molecule has 132 valence electrons. The van der Waals surface area contributed by atoms with Crippen molar-refractivity contribution in [3.63, 3.8) is 0 Å². The maximum absolute atomic E-state index is 12.2. The molecule has 25 heavy (non-hydrogen) atoms. The van der Waals surface area contributed by atoms with Crippen LogP contribution < -0.4 is 19.4 Å². The van der Waals surface area contributed by atoms with Crippen molar-refractivity contribution in [1.82, 2.24) is 0 Å². The fraction of sp³-hybridized carbons (Fsp3) is 0.278. The van der Waals surface area contributed by atoms with Gasteiger partial charge in [-0.1, -0.05) is 0 Å². The molecule has 0 bridgehead atoms. The Kier molecular flexibility index (Phi) is 5.94. The van der Waals surface area contributed by atoms with Crippen molar-refractivity contribution in [3.05, 3.63) is 47.8 Å². The lowest BCUT2D eigenvalue weighted by Gasteiger charge is -2.13. The normalized spacial score (nSPS) is 10.2. The van der Waals surface area contributed by atoms with Gasteiger partial charge in [0, 0.05) is 24.3 Å². The van der Waals surface area contributed by atoms with Gasteiger partial charge in [0.1, 0.15) is 0 Å². The Morgan fingerprint density at radius 1 is 1.12 bits per heavy atom. The van der Waals surface area contributed by atoms with Crippen molar-refractivity contribution in [3.8, 4) is 11.5 Å². The zero-order chi connectivity index (χ0) is 18.4. The summed E-state index contributed by atoms with van der Waals surface area (Å²) in [4.78, 5) is 23.6. The van der Waals surface area contributed by atoms with Gasteiger partial charge in [0.05, 0.1) is 31.9 Å². The number of rotatable bonds is 7. The van der Waals surface area contributed by atoms with Crippen molar-refractivity contribution >= 4 is 17.6 Å². The number of ether oxygens (including phenoxy) is 2. The van der Waals surface area contributed by atoms with Crippen LogP contribution in [0, 0.1) is 6.92 Å². The number of aryl methyl sites for hydroxylation is 2. The van der Waals surface area contributed by atoms with Crippen molar-refractivity contribution in [2.45, 2.75) is 19.9 Å². The molecule has 1 aromatic heterocycles. The van der Waals surface area contributed by atoms with E-state index < -0.39 is 5.97 Å². The smallest absolute Gasteiger partial charge is 0.337 e. The number of anilines is 1. The van der Waals surface area contributed by atoms with Crippen LogP contribution in [0.4, 0.5) is 5.69 Å². The summed E-state index contributed by atoms with van der Waals surface area (Å²) in [5, 5.41) is 12.0. The molecule has 0 fully saturated rings. The van der Waals surface area contributed by atoms with E-state index in [1.807, 2.05) is 36.0 Å². The molecule has 1 amide bonds. The molecule has 7 nitrogen and oxygen atoms in total. The number of methoxy groups -OCH3 is 2. The third-order valence-electron chi connectivity index (χ3n) is 3.68. The van der Waals surface area contributed by atoms with Gasteiger partial charge in [0.25, 0.3) is 0 Å². The second kappa shape index (κ2) is 8.14. The minimum atomic E-state index is -1.16. The zero-order valence-corrected chi connectivity index (χ0v) is 14.4. The van der Waals surface area contributed by atoms with E-state index in [0.717, 1.165) is 5.56 Å². The van der Waals surface area contributed by atoms with Crippen LogP contribution in [0.1, 0.15) is 22.3 Å². The summed E-state index contributed by atoms with van der Waals surface area (Å²) in [6.07, 6.45) is 3.99. The fourth-order valence-corrected chi connectivity index (χ4v) is 2.28. The Morgan fingerprint density at radius 3 is 2.28 bits per heavy atom. The number of pyridine rings is 1. The standard InChI is InChI=1S/C18H20N2O5/c1-12-4-7-20(8-5-12)9-6-17(21)19-14-11-16(25-3)15(24-2)10-13(14)18(22)23/h4-5,7-8,10-11H,6,9H2,1-3H3,(H-,19,21,22,23)/p+1. The van der Waals surface area contributed by atoms with Gasteiger partial charge in [-0.05, 0) is 12.5 Å². The molecule has 0 aliphatic heterocycles. The molecule has 2 N–H and O–H groups in total. The van der Waals surface area contributed by atoms with Crippen molar-refractivity contribution in [2.75, 3.05) is 19.5 Å². The topological polar surface area (TPSA) is 88.7 Å². The first-order valence-electron chi connectivity index (χ1n) is 7.69. The number of nitrogens with zero attached hydrogens (tertiary/aromatic N) is 1. The van der Waals surface area contributed by atoms with E-state index in [4.69, 9.17) is 9.47 Å². The van der Waals surface area contributed by atoms with Gasteiger partial charge in [-0.3, -0.25) is 4.79 Å². The summed E-state index contributed by atoms with van der Waals surface area (Å²) in [6, 6.07) is 6.67. The zero-order valence-electron chi connectivity index (χ0n) is 14.4. The number of aromatic nitrogens is 1. The van der Waals surface area contributed by atoms with Gasteiger partial charge in [0.2, 0.25) is 5.91 Å². The Labute approximate surface area is 145 Å². The number of nitrogens with one attached hydrogen (secondary N) is 1. The second-order valence-electron chi connectivity index (χ2n) is 5.47. The molecule has 0 unspecified atom stereocenters. The van der Waals surface area contributed by atoms with Crippen LogP contribution in [0.3, 0.4) is 0 Å². The summed E-state index contributed by atoms with van der Waals surface area (Å²) in [7, 11) is 2.86. The van der Waals surface area contributed by atoms with Gasteiger partial charge in [-0.15, -0.1) is 0 Å². The molecule has 0 radical (unpaired) electrons. The van der Waals surface area contributed by atoms with Crippen LogP contribution in [-0.2, 0) is 11.3 Å². The molecule has 1 heterocycles. The summed E-state index contributed by atoms with van der Waals surface area (Å²) in [6.45, 7) is 2.48. The van der Waals surface area contributed by atoms with Gasteiger partial charge < -0.3 is 19.9 Å². The molecule has 0 saturated heterocycles. The number of carboxylic acid groups (broad SMARTS) is 1. The van der Waals surface area contributed by atoms with Crippen molar-refractivity contribution in [2.24, 2.45) is 0 Å². The number of hydrogen-bond acceptors (Lipinski definition) is 4. The molecule has 2 aromatic rings. The van der Waals surface area contributed by atoms with E-state index >= 15 is 0 Å². The highest BCUT2D eigenvalue weighted by atomic mass is 16.5. The Balaban J connectivity index is 2.13. The van der Waals surface area contributed by atoms with E-state index in [9.17, 15) is 14.7 Å². The number of hydrogen-bond donors (Lipinski definition) is 2. The van der Waals surface area contributed by atoms with Gasteiger partial charge in [-0.2, -0.15) is 0 Å². The van der Waals surface area contributed by atoms with Crippen LogP contribution in [0.2, 0.25) is 0 Å². The molecule has 2 rings (SSSR count). The maximum atomic E-state index is 12.2. The van der Waals surface area contributed by atoms with E-state index in [0.29, 0.717) is 12.3 Å². The maximum Gasteiger partial charge on any atom is 0.337 e. The summed E-state index contributed by atoms with van der Waals surface area (Å²) in [5.41, 5.74) is 1.25. The monoisotopic (exact) mass is 345 g/mol. The van der Waals surface area contributed by atoms with E-state index in [1.54, 1.807) is 0 Å². The SMILES string of the molecule is COc1cc(NC(=O)CC[n+]2ccc(C)cc2)c(C(=O)O)cc1OC. The molecular weight excluding hydrogens is 324 g/mol. The molecule has 7 heteroatoms. The average molecular weight is 345 g/mol. The second-order valence-corrected chi connectivity index (χ2v) is 5.47. The van der Waals surface area contributed by atoms with Gasteiger partial charge in [-0.25, -0.2) is 9.36 Å². The van der Waals surface area contributed by atoms with Crippen molar-refractivity contribution < 1.29 is 28.7 Å². The third kappa shape index (κ3) is 4.69. The van der Waals surface area contributed by atoms with Crippen LogP contribution >= 0.6 is 0 Å². The summed E-state index contributed by atoms with van der Waals surface area (Å²) in [5.74, 6) is -0.823. The minimum absolute atomic E-state index is 0.0611. The molecule has 0 saturated carbocycles. The highest BCUT2D eigenvalue weighted by Gasteiger charge is 2.18. The van der Waals surface area contributed by atoms with Crippen molar-refractivity contribution in [1.29, 1.82) is 0 Å². The highest BCUT2D eigenvalue weighted by Crippen LogP contribution is 2.33. The largest absolute Gasteiger partial charge is 0.493 e. The predicted octanol–water partition coefficient (Wildman–Crippen LogP) is 2.03. The molecule has 0 spiro atoms. The summed E-state index contributed by atoms with van der Waals surface area (Å²) < 4.78 is 12.1. The lowest BCUT2D eigenvalue weighted by molar-refractivity contribution is -0.695. The first-order chi connectivity index (χ1) is 11.9. The predicted molar refractivity (Wildman–Crippen MR) is 91.1 cm³/mol. The number of carboxylic acids is 1. The first kappa shape index (κ1) is 18.3. The highest BCUT2D eigenvalue weighted by molar-refractivity contribution is 6.01. The lowest BCUT2D eigenvalue weighted by Crippen LogP contribution is -2.34. The lowest BCUT2D eigenvalue weighted by atomic mass is 10.1. The fourth-order valence-electron chi connectivity index (χ4n) is 2.28. The molecule has 0 aliphatic carbocycles. The number of amides is 1. The van der Waals surface area contributed by atoms with E-state index in [1.165, 1.54) is 26.4 Å². The molecule has 0 atom stereocenters. The van der Waals surface area contributed by atoms with E-state index in [-0.39, 0.29) is 29.3 Å². The molecule has 1 aromatic carbocycles. The van der Waals surface area contributed by atoms with Gasteiger partial charge >= 0.3 is 5.97 Å². The summed E-state index contributed by atoms with van der Waals surface area (Å²) >= 11 is 0. The Morgan fingerprint density at radius 2 is 1.72 bits per heavy atom. The number of carbonyl (C=O) groups is 2. The third-order valence-corrected chi connectivity index (χ3v) is 3.68. The average Bonchev–Trinajstić information content (AvgIpc) is 2.60. The Bertz CT molecular complexity index is 772. The van der Waals surface area contributed by atoms with Gasteiger partial charge in [0.15, 0.2) is 30.4 Å². The minimum Gasteiger partial charge on any atom is -0.493 e. The molecule has 0 aliphatic rings. The van der Waals surface area contributed by atoms with Crippen LogP contribution in [-0.4, -0.2) is 31.2 Å². The molecular formula is C18H21N2O5+. The first-order valence-corrected chi connectivity index (χ1v) is 7.69. The quantitative estimate of drug-likeness (QED) is 0.750.